The molecule has 0 saturated carbocycles. The molecule has 0 aliphatic rings. The van der Waals surface area contributed by atoms with Gasteiger partial charge in [0.1, 0.15) is 18.0 Å². The molecule has 5 heteroatoms. The first-order valence-electron chi connectivity index (χ1n) is 8.29. The minimum absolute atomic E-state index is 0.737. The largest absolute Gasteiger partial charge is 0.370 e. The Morgan fingerprint density at radius 1 is 0.880 bits per heavy atom. The van der Waals surface area contributed by atoms with Gasteiger partial charge in [0, 0.05) is 24.2 Å². The molecule has 1 aromatic heterocycles. The van der Waals surface area contributed by atoms with E-state index in [1.54, 1.807) is 6.33 Å². The second-order valence-electron chi connectivity index (χ2n) is 5.94. The van der Waals surface area contributed by atoms with E-state index < -0.39 is 0 Å². The minimum atomic E-state index is 0.737. The summed E-state index contributed by atoms with van der Waals surface area (Å²) in [6.07, 6.45) is 2.46. The maximum Gasteiger partial charge on any atom is 0.131 e. The first-order chi connectivity index (χ1) is 12.2. The molecule has 0 spiro atoms. The number of nitrogens with one attached hydrogen (secondary N) is 2. The van der Waals surface area contributed by atoms with Crippen molar-refractivity contribution in [3.63, 3.8) is 0 Å². The highest BCUT2D eigenvalue weighted by molar-refractivity contribution is 6.30. The van der Waals surface area contributed by atoms with Crippen molar-refractivity contribution in [3.05, 3.63) is 82.6 Å². The summed E-state index contributed by atoms with van der Waals surface area (Å²) in [7, 11) is 0. The van der Waals surface area contributed by atoms with Crippen molar-refractivity contribution < 1.29 is 0 Å². The number of aromatic nitrogens is 2. The van der Waals surface area contributed by atoms with Crippen LogP contribution in [0.5, 0.6) is 0 Å². The lowest BCUT2D eigenvalue weighted by molar-refractivity contribution is 0.996. The van der Waals surface area contributed by atoms with Gasteiger partial charge in [-0.25, -0.2) is 9.97 Å². The molecule has 25 heavy (non-hydrogen) atoms. The first-order valence-corrected chi connectivity index (χ1v) is 8.66. The molecule has 1 heterocycles. The van der Waals surface area contributed by atoms with Gasteiger partial charge in [-0.2, -0.15) is 0 Å². The molecule has 0 aliphatic heterocycles. The van der Waals surface area contributed by atoms with Gasteiger partial charge in [0.15, 0.2) is 0 Å². The Morgan fingerprint density at radius 3 is 2.44 bits per heavy atom. The summed E-state index contributed by atoms with van der Waals surface area (Å²) in [4.78, 5) is 8.54. The van der Waals surface area contributed by atoms with Crippen LogP contribution < -0.4 is 10.6 Å². The van der Waals surface area contributed by atoms with Crippen molar-refractivity contribution in [1.82, 2.24) is 9.97 Å². The highest BCUT2D eigenvalue weighted by Gasteiger charge is 2.00. The lowest BCUT2D eigenvalue weighted by atomic mass is 10.1. The van der Waals surface area contributed by atoms with Gasteiger partial charge < -0.3 is 10.6 Å². The lowest BCUT2D eigenvalue weighted by Gasteiger charge is -2.09. The van der Waals surface area contributed by atoms with Gasteiger partial charge in [0.25, 0.3) is 0 Å². The zero-order valence-corrected chi connectivity index (χ0v) is 14.9. The Labute approximate surface area is 153 Å². The van der Waals surface area contributed by atoms with E-state index in [1.807, 2.05) is 24.3 Å². The predicted molar refractivity (Wildman–Crippen MR) is 104 cm³/mol. The fourth-order valence-corrected chi connectivity index (χ4v) is 2.81. The van der Waals surface area contributed by atoms with E-state index in [1.165, 1.54) is 16.7 Å². The van der Waals surface area contributed by atoms with Crippen LogP contribution in [0.15, 0.2) is 60.9 Å². The molecule has 0 amide bonds. The molecule has 0 fully saturated rings. The van der Waals surface area contributed by atoms with Crippen LogP contribution in [0.3, 0.4) is 0 Å². The number of aryl methyl sites for hydroxylation is 1. The van der Waals surface area contributed by atoms with E-state index in [0.717, 1.165) is 36.2 Å². The van der Waals surface area contributed by atoms with Crippen molar-refractivity contribution in [1.29, 1.82) is 0 Å². The molecule has 0 unspecified atom stereocenters. The van der Waals surface area contributed by atoms with Crippen molar-refractivity contribution in [3.8, 4) is 0 Å². The molecule has 0 saturated heterocycles. The van der Waals surface area contributed by atoms with E-state index >= 15 is 0 Å². The molecule has 0 bridgehead atoms. The van der Waals surface area contributed by atoms with E-state index in [-0.39, 0.29) is 0 Å². The molecule has 128 valence electrons. The molecule has 2 aromatic carbocycles. The van der Waals surface area contributed by atoms with Crippen LogP contribution in [0.2, 0.25) is 5.02 Å². The summed E-state index contributed by atoms with van der Waals surface area (Å²) in [5, 5.41) is 7.43. The maximum absolute atomic E-state index is 6.01. The predicted octanol–water partition coefficient (Wildman–Crippen LogP) is 4.71. The second kappa shape index (κ2) is 8.49. The van der Waals surface area contributed by atoms with Crippen LogP contribution in [-0.2, 0) is 13.0 Å². The number of halogens is 1. The Morgan fingerprint density at radius 2 is 1.64 bits per heavy atom. The Bertz CT molecular complexity index is 835. The average Bonchev–Trinajstić information content (AvgIpc) is 2.61. The number of benzene rings is 2. The van der Waals surface area contributed by atoms with Gasteiger partial charge >= 0.3 is 0 Å². The molecule has 0 atom stereocenters. The van der Waals surface area contributed by atoms with E-state index in [2.05, 4.69) is 57.9 Å². The Balaban J connectivity index is 1.52. The topological polar surface area (TPSA) is 49.8 Å². The standard InChI is InChI=1S/C20H21ClN4/c1-15-4-2-6-17(10-15)13-23-20-12-19(24-14-25-20)22-9-8-16-5-3-7-18(21)11-16/h2-7,10-12,14H,8-9,13H2,1H3,(H2,22,23,24,25). The number of hydrogen-bond acceptors (Lipinski definition) is 4. The van der Waals surface area contributed by atoms with Crippen LogP contribution in [0, 0.1) is 6.92 Å². The Kier molecular flexibility index (Phi) is 5.86. The fourth-order valence-electron chi connectivity index (χ4n) is 2.59. The summed E-state index contributed by atoms with van der Waals surface area (Å²) >= 11 is 6.01. The number of rotatable bonds is 7. The summed E-state index contributed by atoms with van der Waals surface area (Å²) in [5.41, 5.74) is 3.69. The van der Waals surface area contributed by atoms with Crippen LogP contribution in [0.25, 0.3) is 0 Å². The zero-order valence-electron chi connectivity index (χ0n) is 14.2. The summed E-state index contributed by atoms with van der Waals surface area (Å²) in [5.74, 6) is 1.62. The van der Waals surface area contributed by atoms with Gasteiger partial charge in [0.2, 0.25) is 0 Å². The molecule has 0 radical (unpaired) electrons. The van der Waals surface area contributed by atoms with Crippen molar-refractivity contribution in [2.45, 2.75) is 19.9 Å². The van der Waals surface area contributed by atoms with E-state index in [9.17, 15) is 0 Å². The Hall–Kier alpha value is -2.59. The van der Waals surface area contributed by atoms with E-state index in [4.69, 9.17) is 11.6 Å². The van der Waals surface area contributed by atoms with Gasteiger partial charge in [-0.1, -0.05) is 53.6 Å². The molecule has 3 rings (SSSR count). The van der Waals surface area contributed by atoms with Crippen LogP contribution in [0.4, 0.5) is 11.6 Å². The third-order valence-corrected chi connectivity index (χ3v) is 4.07. The molecular formula is C20H21ClN4. The van der Waals surface area contributed by atoms with Gasteiger partial charge in [-0.15, -0.1) is 0 Å². The zero-order chi connectivity index (χ0) is 17.5. The minimum Gasteiger partial charge on any atom is -0.370 e. The lowest BCUT2D eigenvalue weighted by Crippen LogP contribution is -2.08. The molecule has 4 nitrogen and oxygen atoms in total. The normalized spacial score (nSPS) is 10.5. The van der Waals surface area contributed by atoms with Crippen molar-refractivity contribution in [2.24, 2.45) is 0 Å². The second-order valence-corrected chi connectivity index (χ2v) is 6.37. The quantitative estimate of drug-likeness (QED) is 0.646. The smallest absolute Gasteiger partial charge is 0.131 e. The highest BCUT2D eigenvalue weighted by atomic mass is 35.5. The van der Waals surface area contributed by atoms with Gasteiger partial charge in [0.05, 0.1) is 0 Å². The highest BCUT2D eigenvalue weighted by Crippen LogP contribution is 2.13. The van der Waals surface area contributed by atoms with Crippen molar-refractivity contribution in [2.75, 3.05) is 17.2 Å². The number of anilines is 2. The maximum atomic E-state index is 6.01. The first kappa shape index (κ1) is 17.2. The van der Waals surface area contributed by atoms with E-state index in [0.29, 0.717) is 0 Å². The van der Waals surface area contributed by atoms with Crippen molar-refractivity contribution >= 4 is 23.2 Å². The molecule has 0 aliphatic carbocycles. The fraction of sp³-hybridized carbons (Fsp3) is 0.200. The molecule has 3 aromatic rings. The third-order valence-electron chi connectivity index (χ3n) is 3.83. The SMILES string of the molecule is Cc1cccc(CNc2cc(NCCc3cccc(Cl)c3)ncn2)c1. The molecule has 2 N–H and O–H groups in total. The monoisotopic (exact) mass is 352 g/mol. The molecular weight excluding hydrogens is 332 g/mol. The van der Waals surface area contributed by atoms with Crippen LogP contribution in [-0.4, -0.2) is 16.5 Å². The van der Waals surface area contributed by atoms with Gasteiger partial charge in [-0.3, -0.25) is 0 Å². The number of nitrogens with zero attached hydrogens (tertiary/aromatic N) is 2. The summed E-state index contributed by atoms with van der Waals surface area (Å²) in [6.45, 7) is 3.62. The van der Waals surface area contributed by atoms with Crippen LogP contribution >= 0.6 is 11.6 Å². The van der Waals surface area contributed by atoms with Gasteiger partial charge in [-0.05, 0) is 36.6 Å². The summed E-state index contributed by atoms with van der Waals surface area (Å²) < 4.78 is 0. The third kappa shape index (κ3) is 5.47. The summed E-state index contributed by atoms with van der Waals surface area (Å²) in [6, 6.07) is 18.3. The number of hydrogen-bond donors (Lipinski definition) is 2. The van der Waals surface area contributed by atoms with Crippen LogP contribution in [0.1, 0.15) is 16.7 Å². The average molecular weight is 353 g/mol.